The summed E-state index contributed by atoms with van der Waals surface area (Å²) >= 11 is 1.43. The van der Waals surface area contributed by atoms with Crippen LogP contribution in [0, 0.1) is 5.82 Å². The van der Waals surface area contributed by atoms with Crippen molar-refractivity contribution >= 4 is 28.7 Å². The van der Waals surface area contributed by atoms with Gasteiger partial charge in [-0.1, -0.05) is 0 Å². The summed E-state index contributed by atoms with van der Waals surface area (Å²) in [6, 6.07) is 5.92. The first kappa shape index (κ1) is 11.6. The van der Waals surface area contributed by atoms with Crippen molar-refractivity contribution in [3.05, 3.63) is 46.4 Å². The molecule has 5 heteroatoms. The number of nitrogens with one attached hydrogen (secondary N) is 1. The number of aliphatic carboxylic acids is 1. The summed E-state index contributed by atoms with van der Waals surface area (Å²) in [6.07, 6.45) is -0.0208. The molecule has 0 saturated carbocycles. The van der Waals surface area contributed by atoms with Crippen LogP contribution < -0.4 is 5.32 Å². The van der Waals surface area contributed by atoms with Crippen molar-refractivity contribution < 1.29 is 14.3 Å². The van der Waals surface area contributed by atoms with Crippen molar-refractivity contribution in [3.63, 3.8) is 0 Å². The highest BCUT2D eigenvalue weighted by atomic mass is 32.1. The van der Waals surface area contributed by atoms with Gasteiger partial charge < -0.3 is 10.4 Å². The van der Waals surface area contributed by atoms with Gasteiger partial charge in [0.2, 0.25) is 0 Å². The summed E-state index contributed by atoms with van der Waals surface area (Å²) < 4.78 is 12.7. The highest BCUT2D eigenvalue weighted by Gasteiger charge is 2.08. The Bertz CT molecular complexity index is 522. The third-order valence-electron chi connectivity index (χ3n) is 2.21. The molecule has 2 rings (SSSR count). The Kier molecular flexibility index (Phi) is 3.39. The molecular weight excluding hydrogens is 241 g/mol. The fourth-order valence-corrected chi connectivity index (χ4v) is 2.21. The van der Waals surface area contributed by atoms with Crippen LogP contribution in [0.3, 0.4) is 0 Å². The first-order valence-electron chi connectivity index (χ1n) is 4.94. The number of anilines is 2. The van der Waals surface area contributed by atoms with E-state index < -0.39 is 5.97 Å². The van der Waals surface area contributed by atoms with Crippen LogP contribution in [0.1, 0.15) is 5.56 Å². The SMILES string of the molecule is O=C(O)Cc1cscc1Nc1ccc(F)cc1. The van der Waals surface area contributed by atoms with Crippen LogP contribution in [-0.4, -0.2) is 11.1 Å². The number of carbonyl (C=O) groups is 1. The van der Waals surface area contributed by atoms with Crippen molar-refractivity contribution in [2.75, 3.05) is 5.32 Å². The first-order chi connectivity index (χ1) is 8.15. The van der Waals surface area contributed by atoms with Crippen molar-refractivity contribution in [2.45, 2.75) is 6.42 Å². The van der Waals surface area contributed by atoms with Gasteiger partial charge >= 0.3 is 5.97 Å². The highest BCUT2D eigenvalue weighted by molar-refractivity contribution is 7.08. The summed E-state index contributed by atoms with van der Waals surface area (Å²) in [7, 11) is 0. The number of rotatable bonds is 4. The molecular formula is C12H10FNO2S. The van der Waals surface area contributed by atoms with E-state index in [1.807, 2.05) is 5.38 Å². The van der Waals surface area contributed by atoms with E-state index in [-0.39, 0.29) is 12.2 Å². The number of halogens is 1. The molecule has 17 heavy (non-hydrogen) atoms. The van der Waals surface area contributed by atoms with Gasteiger partial charge in [0, 0.05) is 11.1 Å². The van der Waals surface area contributed by atoms with E-state index in [1.165, 1.54) is 23.5 Å². The van der Waals surface area contributed by atoms with Gasteiger partial charge in [0.25, 0.3) is 0 Å². The Balaban J connectivity index is 2.15. The molecule has 1 heterocycles. The summed E-state index contributed by atoms with van der Waals surface area (Å²) in [6.45, 7) is 0. The van der Waals surface area contributed by atoms with Crippen molar-refractivity contribution in [2.24, 2.45) is 0 Å². The van der Waals surface area contributed by atoms with Crippen molar-refractivity contribution in [3.8, 4) is 0 Å². The van der Waals surface area contributed by atoms with E-state index in [4.69, 9.17) is 5.11 Å². The van der Waals surface area contributed by atoms with Gasteiger partial charge in [0.1, 0.15) is 5.82 Å². The fraction of sp³-hybridized carbons (Fsp3) is 0.0833. The van der Waals surface area contributed by atoms with Crippen LogP contribution in [0.2, 0.25) is 0 Å². The van der Waals surface area contributed by atoms with E-state index in [0.29, 0.717) is 0 Å². The molecule has 2 aromatic rings. The number of hydrogen-bond acceptors (Lipinski definition) is 3. The molecule has 0 unspecified atom stereocenters. The molecule has 3 nitrogen and oxygen atoms in total. The lowest BCUT2D eigenvalue weighted by atomic mass is 10.2. The minimum atomic E-state index is -0.870. The predicted molar refractivity (Wildman–Crippen MR) is 65.3 cm³/mol. The molecule has 0 aliphatic carbocycles. The Labute approximate surface area is 102 Å². The number of carboxylic acids is 1. The molecule has 1 aromatic carbocycles. The standard InChI is InChI=1S/C12H10FNO2S/c13-9-1-3-10(4-2-9)14-11-7-17-6-8(11)5-12(15)16/h1-4,6-7,14H,5H2,(H,15,16). The van der Waals surface area contributed by atoms with Crippen LogP contribution in [0.25, 0.3) is 0 Å². The van der Waals surface area contributed by atoms with Gasteiger partial charge in [-0.25, -0.2) is 4.39 Å². The molecule has 0 aliphatic rings. The van der Waals surface area contributed by atoms with Crippen LogP contribution in [0.5, 0.6) is 0 Å². The summed E-state index contributed by atoms with van der Waals surface area (Å²) in [5, 5.41) is 15.4. The molecule has 0 spiro atoms. The third-order valence-corrected chi connectivity index (χ3v) is 3.00. The zero-order chi connectivity index (χ0) is 12.3. The Morgan fingerprint density at radius 1 is 1.29 bits per heavy atom. The Hall–Kier alpha value is -1.88. The molecule has 0 saturated heterocycles. The fourth-order valence-electron chi connectivity index (χ4n) is 1.42. The van der Waals surface area contributed by atoms with Gasteiger partial charge in [0.15, 0.2) is 0 Å². The van der Waals surface area contributed by atoms with Gasteiger partial charge in [-0.05, 0) is 35.2 Å². The normalized spacial score (nSPS) is 10.2. The van der Waals surface area contributed by atoms with Gasteiger partial charge in [-0.2, -0.15) is 0 Å². The van der Waals surface area contributed by atoms with Crippen LogP contribution in [0.15, 0.2) is 35.0 Å². The lowest BCUT2D eigenvalue weighted by Crippen LogP contribution is -2.01. The minimum Gasteiger partial charge on any atom is -0.481 e. The number of hydrogen-bond donors (Lipinski definition) is 2. The third kappa shape index (κ3) is 3.04. The maximum atomic E-state index is 12.7. The molecule has 0 amide bonds. The largest absolute Gasteiger partial charge is 0.481 e. The summed E-state index contributed by atoms with van der Waals surface area (Å²) in [4.78, 5) is 10.6. The van der Waals surface area contributed by atoms with E-state index in [9.17, 15) is 9.18 Å². The smallest absolute Gasteiger partial charge is 0.307 e. The van der Waals surface area contributed by atoms with E-state index in [1.54, 1.807) is 17.5 Å². The maximum Gasteiger partial charge on any atom is 0.307 e. The quantitative estimate of drug-likeness (QED) is 0.876. The van der Waals surface area contributed by atoms with Crippen molar-refractivity contribution in [1.29, 1.82) is 0 Å². The van der Waals surface area contributed by atoms with Gasteiger partial charge in [0.05, 0.1) is 12.1 Å². The monoisotopic (exact) mass is 251 g/mol. The molecule has 1 aromatic heterocycles. The topological polar surface area (TPSA) is 49.3 Å². The lowest BCUT2D eigenvalue weighted by molar-refractivity contribution is -0.136. The molecule has 2 N–H and O–H groups in total. The van der Waals surface area contributed by atoms with Crippen LogP contribution in [-0.2, 0) is 11.2 Å². The number of benzene rings is 1. The second-order valence-corrected chi connectivity index (χ2v) is 4.26. The van der Waals surface area contributed by atoms with Gasteiger partial charge in [-0.3, -0.25) is 4.79 Å². The molecule has 0 aliphatic heterocycles. The Morgan fingerprint density at radius 2 is 2.00 bits per heavy atom. The summed E-state index contributed by atoms with van der Waals surface area (Å²) in [5.74, 6) is -1.17. The second kappa shape index (κ2) is 4.97. The average Bonchev–Trinajstić information content (AvgIpc) is 2.68. The molecule has 88 valence electrons. The zero-order valence-electron chi connectivity index (χ0n) is 8.81. The molecule has 0 bridgehead atoms. The number of carboxylic acid groups (broad SMARTS) is 1. The van der Waals surface area contributed by atoms with Crippen LogP contribution in [0.4, 0.5) is 15.8 Å². The average molecular weight is 251 g/mol. The van der Waals surface area contributed by atoms with Crippen LogP contribution >= 0.6 is 11.3 Å². The van der Waals surface area contributed by atoms with E-state index in [2.05, 4.69) is 5.32 Å². The van der Waals surface area contributed by atoms with E-state index in [0.717, 1.165) is 16.9 Å². The molecule has 0 atom stereocenters. The van der Waals surface area contributed by atoms with Gasteiger partial charge in [-0.15, -0.1) is 11.3 Å². The molecule has 0 fully saturated rings. The van der Waals surface area contributed by atoms with E-state index >= 15 is 0 Å². The number of thiophene rings is 1. The lowest BCUT2D eigenvalue weighted by Gasteiger charge is -2.06. The predicted octanol–water partition coefficient (Wildman–Crippen LogP) is 3.26. The maximum absolute atomic E-state index is 12.7. The van der Waals surface area contributed by atoms with Crippen molar-refractivity contribution in [1.82, 2.24) is 0 Å². The summed E-state index contributed by atoms with van der Waals surface area (Å²) in [5.41, 5.74) is 2.22. The highest BCUT2D eigenvalue weighted by Crippen LogP contribution is 2.25. The zero-order valence-corrected chi connectivity index (χ0v) is 9.63. The Morgan fingerprint density at radius 3 is 2.65 bits per heavy atom. The second-order valence-electron chi connectivity index (χ2n) is 3.51. The minimum absolute atomic E-state index is 0.0208. The molecule has 0 radical (unpaired) electrons. The first-order valence-corrected chi connectivity index (χ1v) is 5.89.